The predicted octanol–water partition coefficient (Wildman–Crippen LogP) is 1.60. The molecule has 3 nitrogen and oxygen atoms in total. The van der Waals surface area contributed by atoms with E-state index in [4.69, 9.17) is 5.11 Å². The molecule has 1 aliphatic heterocycles. The van der Waals surface area contributed by atoms with E-state index < -0.39 is 18.2 Å². The monoisotopic (exact) mass is 253 g/mol. The van der Waals surface area contributed by atoms with Crippen LogP contribution in [-0.2, 0) is 4.79 Å². The maximum Gasteiger partial charge on any atom is 0.414 e. The fourth-order valence-corrected chi connectivity index (χ4v) is 2.08. The quantitative estimate of drug-likeness (QED) is 0.827. The van der Waals surface area contributed by atoms with Crippen molar-refractivity contribution in [3.05, 3.63) is 0 Å². The number of alkyl halides is 3. The third-order valence-corrected chi connectivity index (χ3v) is 3.19. The Morgan fingerprint density at radius 1 is 1.41 bits per heavy atom. The molecule has 0 aliphatic carbocycles. The molecule has 1 rings (SSSR count). The van der Waals surface area contributed by atoms with Crippen LogP contribution in [0.2, 0.25) is 0 Å². The van der Waals surface area contributed by atoms with E-state index in [-0.39, 0.29) is 5.78 Å². The molecular formula is C11H18F3NO2. The van der Waals surface area contributed by atoms with Crippen molar-refractivity contribution in [2.75, 3.05) is 19.6 Å². The summed E-state index contributed by atoms with van der Waals surface area (Å²) in [5.41, 5.74) is 0. The standard InChI is InChI=1S/C11H18F3NO2/c1-8(16)2-5-15-6-3-9(4-7-15)10(17)11(12,13)14/h9-10,17H,2-7H2,1H3. The van der Waals surface area contributed by atoms with E-state index in [1.165, 1.54) is 6.92 Å². The molecule has 6 heteroatoms. The number of carbonyl (C=O) groups excluding carboxylic acids is 1. The lowest BCUT2D eigenvalue weighted by Gasteiger charge is -2.34. The molecule has 1 unspecified atom stereocenters. The second-order valence-electron chi connectivity index (χ2n) is 4.62. The highest BCUT2D eigenvalue weighted by Crippen LogP contribution is 2.31. The number of nitrogens with zero attached hydrogens (tertiary/aromatic N) is 1. The Bertz CT molecular complexity index is 260. The molecule has 1 heterocycles. The van der Waals surface area contributed by atoms with Gasteiger partial charge in [-0.15, -0.1) is 0 Å². The molecule has 0 radical (unpaired) electrons. The molecule has 0 aromatic carbocycles. The highest BCUT2D eigenvalue weighted by atomic mass is 19.4. The number of hydrogen-bond donors (Lipinski definition) is 1. The van der Waals surface area contributed by atoms with Crippen LogP contribution in [0.4, 0.5) is 13.2 Å². The van der Waals surface area contributed by atoms with E-state index in [2.05, 4.69) is 0 Å². The number of rotatable bonds is 4. The van der Waals surface area contributed by atoms with Crippen molar-refractivity contribution in [1.82, 2.24) is 4.90 Å². The summed E-state index contributed by atoms with van der Waals surface area (Å²) < 4.78 is 36.8. The zero-order chi connectivity index (χ0) is 13.1. The molecule has 100 valence electrons. The van der Waals surface area contributed by atoms with E-state index in [0.717, 1.165) is 0 Å². The molecular weight excluding hydrogens is 235 g/mol. The van der Waals surface area contributed by atoms with Gasteiger partial charge in [-0.25, -0.2) is 0 Å². The Morgan fingerprint density at radius 3 is 2.35 bits per heavy atom. The molecule has 0 saturated carbocycles. The predicted molar refractivity (Wildman–Crippen MR) is 56.5 cm³/mol. The first kappa shape index (κ1) is 14.4. The molecule has 0 aromatic heterocycles. The van der Waals surface area contributed by atoms with Crippen molar-refractivity contribution in [2.24, 2.45) is 5.92 Å². The van der Waals surface area contributed by atoms with Gasteiger partial charge < -0.3 is 10.0 Å². The summed E-state index contributed by atoms with van der Waals surface area (Å²) in [7, 11) is 0. The number of ketones is 1. The molecule has 1 N–H and O–H groups in total. The smallest absolute Gasteiger partial charge is 0.383 e. The van der Waals surface area contributed by atoms with E-state index in [1.807, 2.05) is 4.90 Å². The van der Waals surface area contributed by atoms with Gasteiger partial charge in [-0.3, -0.25) is 4.79 Å². The first-order chi connectivity index (χ1) is 7.80. The third kappa shape index (κ3) is 4.63. The van der Waals surface area contributed by atoms with Crippen LogP contribution < -0.4 is 0 Å². The first-order valence-electron chi connectivity index (χ1n) is 5.77. The van der Waals surface area contributed by atoms with Crippen molar-refractivity contribution in [3.63, 3.8) is 0 Å². The molecule has 1 saturated heterocycles. The van der Waals surface area contributed by atoms with Crippen molar-refractivity contribution in [1.29, 1.82) is 0 Å². The number of aliphatic hydroxyl groups excluding tert-OH is 1. The lowest BCUT2D eigenvalue weighted by molar-refractivity contribution is -0.223. The number of aliphatic hydroxyl groups is 1. The first-order valence-corrected chi connectivity index (χ1v) is 5.77. The Labute approximate surface area is 98.6 Å². The van der Waals surface area contributed by atoms with Crippen LogP contribution in [0.15, 0.2) is 0 Å². The van der Waals surface area contributed by atoms with Crippen LogP contribution in [-0.4, -0.2) is 47.7 Å². The van der Waals surface area contributed by atoms with Gasteiger partial charge in [-0.1, -0.05) is 0 Å². The van der Waals surface area contributed by atoms with E-state index >= 15 is 0 Å². The van der Waals surface area contributed by atoms with Crippen LogP contribution in [0.3, 0.4) is 0 Å². The molecule has 1 atom stereocenters. The summed E-state index contributed by atoms with van der Waals surface area (Å²) in [5, 5.41) is 9.12. The summed E-state index contributed by atoms with van der Waals surface area (Å²) in [6.07, 6.45) is -5.63. The summed E-state index contributed by atoms with van der Waals surface area (Å²) >= 11 is 0. The van der Waals surface area contributed by atoms with Gasteiger partial charge in [0.05, 0.1) is 0 Å². The molecule has 0 bridgehead atoms. The minimum absolute atomic E-state index is 0.0856. The fourth-order valence-electron chi connectivity index (χ4n) is 2.08. The van der Waals surface area contributed by atoms with Gasteiger partial charge in [-0.05, 0) is 38.8 Å². The highest BCUT2D eigenvalue weighted by molar-refractivity contribution is 5.75. The lowest BCUT2D eigenvalue weighted by atomic mass is 9.91. The Hall–Kier alpha value is -0.620. The van der Waals surface area contributed by atoms with Gasteiger partial charge in [0.15, 0.2) is 6.10 Å². The summed E-state index contributed by atoms with van der Waals surface area (Å²) in [6, 6.07) is 0. The van der Waals surface area contributed by atoms with Crippen LogP contribution in [0.5, 0.6) is 0 Å². The fraction of sp³-hybridized carbons (Fsp3) is 0.909. The van der Waals surface area contributed by atoms with Gasteiger partial charge in [0, 0.05) is 13.0 Å². The zero-order valence-corrected chi connectivity index (χ0v) is 9.83. The largest absolute Gasteiger partial charge is 0.414 e. The SMILES string of the molecule is CC(=O)CCN1CCC(C(O)C(F)(F)F)CC1. The van der Waals surface area contributed by atoms with Gasteiger partial charge in [-0.2, -0.15) is 13.2 Å². The zero-order valence-electron chi connectivity index (χ0n) is 9.83. The Kier molecular flexibility index (Phi) is 4.94. The minimum Gasteiger partial charge on any atom is -0.383 e. The van der Waals surface area contributed by atoms with Gasteiger partial charge >= 0.3 is 6.18 Å². The number of carbonyl (C=O) groups is 1. The lowest BCUT2D eigenvalue weighted by Crippen LogP contribution is -2.43. The van der Waals surface area contributed by atoms with Gasteiger partial charge in [0.25, 0.3) is 0 Å². The Morgan fingerprint density at radius 2 is 1.94 bits per heavy atom. The van der Waals surface area contributed by atoms with Crippen molar-refractivity contribution >= 4 is 5.78 Å². The number of Topliss-reactive ketones (excluding diaryl/α,β-unsaturated/α-hetero) is 1. The molecule has 1 aliphatic rings. The van der Waals surface area contributed by atoms with E-state index in [1.54, 1.807) is 0 Å². The number of hydrogen-bond acceptors (Lipinski definition) is 3. The van der Waals surface area contributed by atoms with Crippen LogP contribution >= 0.6 is 0 Å². The van der Waals surface area contributed by atoms with Crippen molar-refractivity contribution in [2.45, 2.75) is 38.5 Å². The van der Waals surface area contributed by atoms with E-state index in [9.17, 15) is 18.0 Å². The average molecular weight is 253 g/mol. The van der Waals surface area contributed by atoms with Crippen molar-refractivity contribution < 1.29 is 23.1 Å². The Balaban J connectivity index is 2.33. The summed E-state index contributed by atoms with van der Waals surface area (Å²) in [5.74, 6) is -0.619. The highest BCUT2D eigenvalue weighted by Gasteiger charge is 2.44. The second kappa shape index (κ2) is 5.82. The summed E-state index contributed by atoms with van der Waals surface area (Å²) in [6.45, 7) is 3.14. The van der Waals surface area contributed by atoms with Crippen LogP contribution in [0, 0.1) is 5.92 Å². The average Bonchev–Trinajstić information content (AvgIpc) is 2.25. The normalized spacial score (nSPS) is 21.5. The molecule has 0 aromatic rings. The number of piperidine rings is 1. The molecule has 0 spiro atoms. The summed E-state index contributed by atoms with van der Waals surface area (Å²) in [4.78, 5) is 12.7. The van der Waals surface area contributed by atoms with Crippen molar-refractivity contribution in [3.8, 4) is 0 Å². The maximum atomic E-state index is 12.3. The van der Waals surface area contributed by atoms with E-state index in [0.29, 0.717) is 38.9 Å². The molecule has 0 amide bonds. The second-order valence-corrected chi connectivity index (χ2v) is 4.62. The van der Waals surface area contributed by atoms with Crippen LogP contribution in [0.1, 0.15) is 26.2 Å². The molecule has 1 fully saturated rings. The van der Waals surface area contributed by atoms with Gasteiger partial charge in [0.2, 0.25) is 0 Å². The minimum atomic E-state index is -4.52. The number of likely N-dealkylation sites (tertiary alicyclic amines) is 1. The van der Waals surface area contributed by atoms with Crippen LogP contribution in [0.25, 0.3) is 0 Å². The van der Waals surface area contributed by atoms with Gasteiger partial charge in [0.1, 0.15) is 5.78 Å². The number of halogens is 3. The topological polar surface area (TPSA) is 40.5 Å². The maximum absolute atomic E-state index is 12.3. The molecule has 17 heavy (non-hydrogen) atoms. The third-order valence-electron chi connectivity index (χ3n) is 3.19.